The van der Waals surface area contributed by atoms with Crippen LogP contribution in [0.4, 0.5) is 11.4 Å². The van der Waals surface area contributed by atoms with Crippen LogP contribution in [0.2, 0.25) is 0 Å². The maximum atomic E-state index is 10.3. The van der Waals surface area contributed by atoms with Crippen LogP contribution in [0, 0.1) is 20.2 Å². The van der Waals surface area contributed by atoms with E-state index >= 15 is 0 Å². The minimum atomic E-state index is -0.993. The number of para-hydroxylation sites is 1. The SMILES string of the molecule is N.O=[N+]([O-])c1cccc(O)c1[N+](=O)[O-].c1ccc(P(c2ccccc2)c2ccccc2)cc1.c1ccc(P(c2ccccc2)c2ccccc2)cc1. The molecule has 52 heavy (non-hydrogen) atoms. The van der Waals surface area contributed by atoms with Crippen LogP contribution >= 0.6 is 15.8 Å². The predicted octanol–water partition coefficient (Wildman–Crippen LogP) is 8.26. The summed E-state index contributed by atoms with van der Waals surface area (Å²) in [5.41, 5.74) is -1.60. The number of hydrogen-bond acceptors (Lipinski definition) is 6. The number of phenols is 1. The molecule has 0 aliphatic rings. The zero-order valence-electron chi connectivity index (χ0n) is 28.1. The molecule has 260 valence electrons. The van der Waals surface area contributed by atoms with Crippen molar-refractivity contribution >= 4 is 59.0 Å². The summed E-state index contributed by atoms with van der Waals surface area (Å²) in [6.45, 7) is 0. The second-order valence-electron chi connectivity index (χ2n) is 10.8. The molecule has 7 rings (SSSR count). The van der Waals surface area contributed by atoms with Crippen LogP contribution in [0.3, 0.4) is 0 Å². The van der Waals surface area contributed by atoms with Gasteiger partial charge in [-0.1, -0.05) is 188 Å². The number of benzene rings is 7. The van der Waals surface area contributed by atoms with Crippen molar-refractivity contribution in [1.82, 2.24) is 6.15 Å². The van der Waals surface area contributed by atoms with E-state index in [9.17, 15) is 20.2 Å². The molecule has 7 aromatic carbocycles. The van der Waals surface area contributed by atoms with E-state index in [-0.39, 0.29) is 6.15 Å². The van der Waals surface area contributed by atoms with E-state index in [1.807, 2.05) is 0 Å². The summed E-state index contributed by atoms with van der Waals surface area (Å²) in [7, 11) is -0.892. The van der Waals surface area contributed by atoms with Crippen LogP contribution in [0.25, 0.3) is 0 Å². The Labute approximate surface area is 305 Å². The predicted molar refractivity (Wildman–Crippen MR) is 217 cm³/mol. The van der Waals surface area contributed by atoms with E-state index in [2.05, 4.69) is 182 Å². The zero-order chi connectivity index (χ0) is 35.8. The Morgan fingerprint density at radius 1 is 0.365 bits per heavy atom. The monoisotopic (exact) mass is 725 g/mol. The highest BCUT2D eigenvalue weighted by Crippen LogP contribution is 2.35. The molecule has 0 saturated carbocycles. The molecule has 0 bridgehead atoms. The van der Waals surface area contributed by atoms with Crippen molar-refractivity contribution < 1.29 is 15.0 Å². The largest absolute Gasteiger partial charge is 0.502 e. The molecular formula is C42H37N3O5P2. The highest BCUT2D eigenvalue weighted by Gasteiger charge is 2.27. The molecular weight excluding hydrogens is 688 g/mol. The fourth-order valence-electron chi connectivity index (χ4n) is 5.21. The van der Waals surface area contributed by atoms with Crippen molar-refractivity contribution in [2.75, 3.05) is 0 Å². The lowest BCUT2D eigenvalue weighted by Gasteiger charge is -2.18. The summed E-state index contributed by atoms with van der Waals surface area (Å²) < 4.78 is 0. The van der Waals surface area contributed by atoms with Crippen LogP contribution in [0.5, 0.6) is 5.75 Å². The first-order valence-electron chi connectivity index (χ1n) is 16.0. The Morgan fingerprint density at radius 2 is 0.615 bits per heavy atom. The number of aromatic hydroxyl groups is 1. The van der Waals surface area contributed by atoms with Crippen molar-refractivity contribution in [3.63, 3.8) is 0 Å². The van der Waals surface area contributed by atoms with Gasteiger partial charge in [0.15, 0.2) is 0 Å². The number of nitro benzene ring substituents is 2. The van der Waals surface area contributed by atoms with Crippen molar-refractivity contribution in [3.8, 4) is 5.75 Å². The molecule has 0 radical (unpaired) electrons. The molecule has 0 spiro atoms. The molecule has 0 aromatic heterocycles. The molecule has 0 aliphatic heterocycles. The first kappa shape index (κ1) is 38.8. The molecule has 0 heterocycles. The topological polar surface area (TPSA) is 142 Å². The first-order chi connectivity index (χ1) is 24.9. The van der Waals surface area contributed by atoms with Crippen LogP contribution in [0.1, 0.15) is 0 Å². The van der Waals surface area contributed by atoms with Gasteiger partial charge in [0.05, 0.1) is 9.85 Å². The van der Waals surface area contributed by atoms with Gasteiger partial charge in [-0.25, -0.2) is 0 Å². The van der Waals surface area contributed by atoms with Gasteiger partial charge in [0.1, 0.15) is 0 Å². The molecule has 8 nitrogen and oxygen atoms in total. The van der Waals surface area contributed by atoms with E-state index in [1.54, 1.807) is 0 Å². The average Bonchev–Trinajstić information content (AvgIpc) is 3.18. The van der Waals surface area contributed by atoms with Gasteiger partial charge >= 0.3 is 11.4 Å². The Bertz CT molecular complexity index is 1810. The smallest absolute Gasteiger partial charge is 0.387 e. The zero-order valence-corrected chi connectivity index (χ0v) is 29.9. The summed E-state index contributed by atoms with van der Waals surface area (Å²) in [5.74, 6) is -0.709. The molecule has 4 N–H and O–H groups in total. The van der Waals surface area contributed by atoms with Crippen molar-refractivity contribution in [1.29, 1.82) is 0 Å². The molecule has 7 aromatic rings. The van der Waals surface area contributed by atoms with Gasteiger partial charge in [0, 0.05) is 6.07 Å². The van der Waals surface area contributed by atoms with E-state index in [0.717, 1.165) is 12.1 Å². The highest BCUT2D eigenvalue weighted by atomic mass is 31.1. The van der Waals surface area contributed by atoms with Crippen molar-refractivity contribution in [2.45, 2.75) is 0 Å². The van der Waals surface area contributed by atoms with Crippen LogP contribution in [-0.2, 0) is 0 Å². The standard InChI is InChI=1S/2C18H15P.C6H4N2O5.H3N/c2*1-4-10-16(11-5-1)19(17-12-6-2-7-13-17)18-14-8-3-9-15-18;9-5-3-1-2-4(7(10)11)6(5)8(12)13;/h2*1-15H;1-3,9H;1H3. The van der Waals surface area contributed by atoms with Crippen LogP contribution in [-0.4, -0.2) is 15.0 Å². The lowest BCUT2D eigenvalue weighted by atomic mass is 10.2. The summed E-state index contributed by atoms with van der Waals surface area (Å²) in [4.78, 5) is 18.6. The van der Waals surface area contributed by atoms with E-state index in [1.165, 1.54) is 37.9 Å². The second kappa shape index (κ2) is 20.0. The van der Waals surface area contributed by atoms with Gasteiger partial charge in [0.2, 0.25) is 5.75 Å². The fourth-order valence-corrected chi connectivity index (χ4v) is 9.82. The van der Waals surface area contributed by atoms with Gasteiger partial charge in [-0.05, 0) is 53.7 Å². The van der Waals surface area contributed by atoms with Crippen LogP contribution in [0.15, 0.2) is 200 Å². The van der Waals surface area contributed by atoms with Gasteiger partial charge in [-0.3, -0.25) is 20.2 Å². The Balaban J connectivity index is 0.000000177. The Kier molecular flexibility index (Phi) is 14.9. The third-order valence-corrected chi connectivity index (χ3v) is 12.3. The maximum Gasteiger partial charge on any atom is 0.387 e. The number of nitro groups is 2. The minimum Gasteiger partial charge on any atom is -0.502 e. The summed E-state index contributed by atoms with van der Waals surface area (Å²) in [6, 6.07) is 67.8. The number of nitrogens with zero attached hydrogens (tertiary/aromatic N) is 2. The van der Waals surface area contributed by atoms with Gasteiger partial charge < -0.3 is 11.3 Å². The summed E-state index contributed by atoms with van der Waals surface area (Å²) in [5, 5.41) is 37.9. The lowest BCUT2D eigenvalue weighted by molar-refractivity contribution is -0.423. The van der Waals surface area contributed by atoms with E-state index < -0.39 is 42.8 Å². The average molecular weight is 726 g/mol. The molecule has 0 aliphatic carbocycles. The molecule has 10 heteroatoms. The van der Waals surface area contributed by atoms with Gasteiger partial charge in [-0.2, -0.15) is 0 Å². The minimum absolute atomic E-state index is 0. The van der Waals surface area contributed by atoms with E-state index in [0.29, 0.717) is 0 Å². The Morgan fingerprint density at radius 3 is 0.808 bits per heavy atom. The molecule has 0 unspecified atom stereocenters. The van der Waals surface area contributed by atoms with Crippen molar-refractivity contribution in [2.24, 2.45) is 0 Å². The molecule has 0 amide bonds. The Hall–Kier alpha value is -6.04. The van der Waals surface area contributed by atoms with Gasteiger partial charge in [0.25, 0.3) is 0 Å². The third-order valence-electron chi connectivity index (χ3n) is 7.46. The second-order valence-corrected chi connectivity index (χ2v) is 15.3. The van der Waals surface area contributed by atoms with E-state index in [4.69, 9.17) is 5.11 Å². The quantitative estimate of drug-likeness (QED) is 0.0918. The molecule has 0 atom stereocenters. The number of phenolic OH excluding ortho intramolecular Hbond substituents is 1. The number of hydrogen-bond donors (Lipinski definition) is 2. The third kappa shape index (κ3) is 10.5. The summed E-state index contributed by atoms with van der Waals surface area (Å²) >= 11 is 0. The van der Waals surface area contributed by atoms with Crippen LogP contribution < -0.4 is 38.0 Å². The molecule has 0 saturated heterocycles. The first-order valence-corrected chi connectivity index (χ1v) is 18.6. The summed E-state index contributed by atoms with van der Waals surface area (Å²) in [6.07, 6.45) is 0. The van der Waals surface area contributed by atoms with Crippen molar-refractivity contribution in [3.05, 3.63) is 220 Å². The normalized spacial score (nSPS) is 10.1. The number of rotatable bonds is 8. The fraction of sp³-hybridized carbons (Fsp3) is 0. The lowest BCUT2D eigenvalue weighted by Crippen LogP contribution is -2.20. The highest BCUT2D eigenvalue weighted by molar-refractivity contribution is 7.80. The maximum absolute atomic E-state index is 10.3. The molecule has 0 fully saturated rings. The van der Waals surface area contributed by atoms with Gasteiger partial charge in [-0.15, -0.1) is 0 Å².